The van der Waals surface area contributed by atoms with Gasteiger partial charge in [0, 0.05) is 5.69 Å². The Hall–Kier alpha value is -1.23. The van der Waals surface area contributed by atoms with Crippen LogP contribution in [0, 0.1) is 0 Å². The van der Waals surface area contributed by atoms with Gasteiger partial charge in [0.25, 0.3) is 6.43 Å². The van der Waals surface area contributed by atoms with Crippen LogP contribution in [0.5, 0.6) is 0 Å². The first-order chi connectivity index (χ1) is 6.06. The van der Waals surface area contributed by atoms with E-state index in [1.54, 1.807) is 0 Å². The van der Waals surface area contributed by atoms with Crippen molar-refractivity contribution in [1.29, 1.82) is 0 Å². The van der Waals surface area contributed by atoms with Crippen molar-refractivity contribution < 1.29 is 13.6 Å². The molecule has 2 N–H and O–H groups in total. The molecule has 0 bridgehead atoms. The molecule has 70 valence electrons. The molecule has 0 saturated heterocycles. The van der Waals surface area contributed by atoms with Gasteiger partial charge in [-0.05, 0) is 6.07 Å². The van der Waals surface area contributed by atoms with E-state index < -0.39 is 12.1 Å². The maximum Gasteiger partial charge on any atom is 0.281 e. The third-order valence-corrected chi connectivity index (χ3v) is 1.61. The normalized spacial score (nSPS) is 10.5. The van der Waals surface area contributed by atoms with Crippen molar-refractivity contribution >= 4 is 23.6 Å². The molecule has 1 aromatic rings. The Balaban J connectivity index is 3.38. The van der Waals surface area contributed by atoms with E-state index in [0.29, 0.717) is 0 Å². The van der Waals surface area contributed by atoms with E-state index in [-0.39, 0.29) is 22.7 Å². The summed E-state index contributed by atoms with van der Waals surface area (Å²) in [5, 5.41) is -0.154. The molecule has 0 aliphatic carbocycles. The molecule has 1 rings (SSSR count). The van der Waals surface area contributed by atoms with E-state index in [1.165, 1.54) is 0 Å². The maximum atomic E-state index is 12.2. The standard InChI is InChI=1S/C7H5ClF2N2O/c8-5-1-4(11)3(2-13)6(12-5)7(9)10/h1-2,7H,(H2,11,12). The van der Waals surface area contributed by atoms with Crippen LogP contribution in [-0.4, -0.2) is 11.3 Å². The van der Waals surface area contributed by atoms with E-state index in [0.717, 1.165) is 6.07 Å². The Morgan fingerprint density at radius 1 is 1.62 bits per heavy atom. The van der Waals surface area contributed by atoms with Gasteiger partial charge in [-0.1, -0.05) is 11.6 Å². The molecule has 0 unspecified atom stereocenters. The highest BCUT2D eigenvalue weighted by Crippen LogP contribution is 2.26. The number of hydrogen-bond acceptors (Lipinski definition) is 3. The van der Waals surface area contributed by atoms with Gasteiger partial charge in [0.2, 0.25) is 0 Å². The molecular formula is C7H5ClF2N2O. The minimum absolute atomic E-state index is 0.0923. The van der Waals surface area contributed by atoms with Crippen molar-refractivity contribution in [2.45, 2.75) is 6.43 Å². The van der Waals surface area contributed by atoms with Crippen LogP contribution in [0.2, 0.25) is 5.15 Å². The zero-order chi connectivity index (χ0) is 10.0. The Morgan fingerprint density at radius 3 is 2.69 bits per heavy atom. The summed E-state index contributed by atoms with van der Waals surface area (Å²) >= 11 is 5.38. The lowest BCUT2D eigenvalue weighted by molar-refractivity contribution is 0.110. The smallest absolute Gasteiger partial charge is 0.281 e. The van der Waals surface area contributed by atoms with Crippen molar-refractivity contribution in [3.05, 3.63) is 22.5 Å². The zero-order valence-corrected chi connectivity index (χ0v) is 7.05. The van der Waals surface area contributed by atoms with Gasteiger partial charge >= 0.3 is 0 Å². The van der Waals surface area contributed by atoms with Crippen LogP contribution >= 0.6 is 11.6 Å². The Kier molecular flexibility index (Phi) is 2.77. The summed E-state index contributed by atoms with van der Waals surface area (Å²) in [6.45, 7) is 0. The second-order valence-corrected chi connectivity index (χ2v) is 2.64. The quantitative estimate of drug-likeness (QED) is 0.595. The topological polar surface area (TPSA) is 56.0 Å². The van der Waals surface area contributed by atoms with Crippen molar-refractivity contribution in [3.8, 4) is 0 Å². The van der Waals surface area contributed by atoms with Crippen LogP contribution in [0.15, 0.2) is 6.07 Å². The summed E-state index contributed by atoms with van der Waals surface area (Å²) in [6, 6.07) is 1.15. The van der Waals surface area contributed by atoms with Crippen LogP contribution in [-0.2, 0) is 0 Å². The molecule has 0 radical (unpaired) electrons. The molecule has 0 spiro atoms. The highest BCUT2D eigenvalue weighted by Gasteiger charge is 2.17. The summed E-state index contributed by atoms with van der Waals surface area (Å²) in [6.07, 6.45) is -2.62. The molecule has 0 aromatic carbocycles. The first-order valence-electron chi connectivity index (χ1n) is 3.25. The van der Waals surface area contributed by atoms with Gasteiger partial charge in [-0.25, -0.2) is 13.8 Å². The van der Waals surface area contributed by atoms with E-state index in [9.17, 15) is 13.6 Å². The number of aromatic nitrogens is 1. The number of carbonyl (C=O) groups is 1. The maximum absolute atomic E-state index is 12.2. The molecule has 1 aromatic heterocycles. The number of aldehydes is 1. The molecule has 6 heteroatoms. The van der Waals surface area contributed by atoms with E-state index in [1.807, 2.05) is 0 Å². The van der Waals surface area contributed by atoms with Gasteiger partial charge in [-0.3, -0.25) is 4.79 Å². The fourth-order valence-electron chi connectivity index (χ4n) is 0.856. The van der Waals surface area contributed by atoms with Crippen molar-refractivity contribution in [2.75, 3.05) is 5.73 Å². The number of hydrogen-bond donors (Lipinski definition) is 1. The third kappa shape index (κ3) is 1.92. The molecule has 0 atom stereocenters. The van der Waals surface area contributed by atoms with Crippen LogP contribution in [0.4, 0.5) is 14.5 Å². The molecule has 1 heterocycles. The number of alkyl halides is 2. The van der Waals surface area contributed by atoms with Gasteiger partial charge < -0.3 is 5.73 Å². The Labute approximate surface area is 77.5 Å². The summed E-state index contributed by atoms with van der Waals surface area (Å²) in [4.78, 5) is 13.7. The minimum atomic E-state index is -2.86. The monoisotopic (exact) mass is 206 g/mol. The first-order valence-corrected chi connectivity index (χ1v) is 3.63. The molecule has 0 saturated carbocycles. The lowest BCUT2D eigenvalue weighted by atomic mass is 10.2. The number of nitrogen functional groups attached to an aromatic ring is 1. The fraction of sp³-hybridized carbons (Fsp3) is 0.143. The minimum Gasteiger partial charge on any atom is -0.398 e. The number of carbonyl (C=O) groups excluding carboxylic acids is 1. The van der Waals surface area contributed by atoms with Crippen molar-refractivity contribution in [3.63, 3.8) is 0 Å². The predicted molar refractivity (Wildman–Crippen MR) is 44.0 cm³/mol. The van der Waals surface area contributed by atoms with Crippen molar-refractivity contribution in [2.24, 2.45) is 0 Å². The second-order valence-electron chi connectivity index (χ2n) is 2.25. The van der Waals surface area contributed by atoms with E-state index in [4.69, 9.17) is 17.3 Å². The Morgan fingerprint density at radius 2 is 2.23 bits per heavy atom. The molecule has 3 nitrogen and oxygen atoms in total. The average molecular weight is 207 g/mol. The number of nitrogens with zero attached hydrogens (tertiary/aromatic N) is 1. The molecule has 0 fully saturated rings. The Bertz CT molecular complexity index is 344. The number of pyridine rings is 1. The SMILES string of the molecule is Nc1cc(Cl)nc(C(F)F)c1C=O. The number of halogens is 3. The lowest BCUT2D eigenvalue weighted by Gasteiger charge is -2.05. The van der Waals surface area contributed by atoms with Gasteiger partial charge in [-0.15, -0.1) is 0 Å². The summed E-state index contributed by atoms with van der Waals surface area (Å²) in [7, 11) is 0. The molecule has 0 aliphatic heterocycles. The predicted octanol–water partition coefficient (Wildman–Crippen LogP) is 2.07. The van der Waals surface area contributed by atoms with Gasteiger partial charge in [-0.2, -0.15) is 0 Å². The summed E-state index contributed by atoms with van der Waals surface area (Å²) < 4.78 is 24.5. The third-order valence-electron chi connectivity index (χ3n) is 1.41. The van der Waals surface area contributed by atoms with Crippen LogP contribution < -0.4 is 5.73 Å². The first kappa shape index (κ1) is 9.85. The number of rotatable bonds is 2. The van der Waals surface area contributed by atoms with Crippen LogP contribution in [0.1, 0.15) is 22.5 Å². The summed E-state index contributed by atoms with van der Waals surface area (Å²) in [5.41, 5.74) is 4.20. The fourth-order valence-corrected chi connectivity index (χ4v) is 1.06. The molecule has 13 heavy (non-hydrogen) atoms. The van der Waals surface area contributed by atoms with Crippen molar-refractivity contribution in [1.82, 2.24) is 4.98 Å². The van der Waals surface area contributed by atoms with Gasteiger partial charge in [0.15, 0.2) is 6.29 Å². The average Bonchev–Trinajstić information content (AvgIpc) is 2.02. The van der Waals surface area contributed by atoms with E-state index in [2.05, 4.69) is 4.98 Å². The van der Waals surface area contributed by atoms with Crippen LogP contribution in [0.3, 0.4) is 0 Å². The molecule has 0 aliphatic rings. The summed E-state index contributed by atoms with van der Waals surface area (Å²) in [5.74, 6) is 0. The largest absolute Gasteiger partial charge is 0.398 e. The van der Waals surface area contributed by atoms with E-state index >= 15 is 0 Å². The lowest BCUT2D eigenvalue weighted by Crippen LogP contribution is -2.02. The van der Waals surface area contributed by atoms with Gasteiger partial charge in [0.1, 0.15) is 10.8 Å². The number of anilines is 1. The molecule has 0 amide bonds. The van der Waals surface area contributed by atoms with Gasteiger partial charge in [0.05, 0.1) is 5.56 Å². The zero-order valence-electron chi connectivity index (χ0n) is 6.30. The van der Waals surface area contributed by atoms with Crippen LogP contribution in [0.25, 0.3) is 0 Å². The second kappa shape index (κ2) is 3.66. The highest BCUT2D eigenvalue weighted by atomic mass is 35.5. The number of nitrogens with two attached hydrogens (primary N) is 1. The highest BCUT2D eigenvalue weighted by molar-refractivity contribution is 6.29. The molecular weight excluding hydrogens is 202 g/mol.